The van der Waals surface area contributed by atoms with E-state index >= 15 is 0 Å². The second-order valence-electron chi connectivity index (χ2n) is 3.06. The topological polar surface area (TPSA) is 73.3 Å². The lowest BCUT2D eigenvalue weighted by molar-refractivity contribution is -0.205. The van der Waals surface area contributed by atoms with E-state index < -0.39 is 11.2 Å². The molecule has 0 aromatic carbocycles. The van der Waals surface area contributed by atoms with E-state index in [-0.39, 0.29) is 6.10 Å². The van der Waals surface area contributed by atoms with Crippen LogP contribution in [0.25, 0.3) is 0 Å². The predicted octanol–water partition coefficient (Wildman–Crippen LogP) is 0.613. The van der Waals surface area contributed by atoms with E-state index in [1.807, 2.05) is 6.92 Å². The van der Waals surface area contributed by atoms with Crippen LogP contribution < -0.4 is 11.2 Å². The standard InChI is InChI=1S/C8H11IN2O4/c1-6(14-15-9)2-4-11-5-3-7(12)10-8(11)13/h3,5-6H,2,4H2,1H3,(H,10,12,13). The predicted molar refractivity (Wildman–Crippen MR) is 61.6 cm³/mol. The minimum Gasteiger partial charge on any atom is -0.300 e. The summed E-state index contributed by atoms with van der Waals surface area (Å²) in [7, 11) is 0. The molecule has 1 heterocycles. The normalized spacial score (nSPS) is 12.7. The molecule has 7 heteroatoms. The number of nitrogens with one attached hydrogen (secondary N) is 1. The van der Waals surface area contributed by atoms with E-state index in [2.05, 4.69) is 8.20 Å². The highest BCUT2D eigenvalue weighted by Crippen LogP contribution is 2.01. The summed E-state index contributed by atoms with van der Waals surface area (Å²) in [5, 5.41) is 0. The molecule has 6 nitrogen and oxygen atoms in total. The van der Waals surface area contributed by atoms with Gasteiger partial charge >= 0.3 is 5.69 Å². The summed E-state index contributed by atoms with van der Waals surface area (Å²) in [5.41, 5.74) is -0.804. The summed E-state index contributed by atoms with van der Waals surface area (Å²) in [6.45, 7) is 2.30. The summed E-state index contributed by atoms with van der Waals surface area (Å²) in [6.07, 6.45) is 1.97. The van der Waals surface area contributed by atoms with Crippen LogP contribution in [0, 0.1) is 0 Å². The molecule has 0 fully saturated rings. The van der Waals surface area contributed by atoms with Crippen LogP contribution in [0.5, 0.6) is 0 Å². The van der Waals surface area contributed by atoms with Crippen LogP contribution in [0.15, 0.2) is 21.9 Å². The molecule has 0 spiro atoms. The van der Waals surface area contributed by atoms with Crippen molar-refractivity contribution in [1.82, 2.24) is 9.55 Å². The molecular weight excluding hydrogens is 315 g/mol. The minimum atomic E-state index is -0.412. The summed E-state index contributed by atoms with van der Waals surface area (Å²) < 4.78 is 5.88. The van der Waals surface area contributed by atoms with Gasteiger partial charge in [-0.3, -0.25) is 9.78 Å². The van der Waals surface area contributed by atoms with Gasteiger partial charge in [-0.1, -0.05) is 0 Å². The van der Waals surface area contributed by atoms with Gasteiger partial charge < -0.3 is 4.57 Å². The third-order valence-electron chi connectivity index (χ3n) is 1.87. The van der Waals surface area contributed by atoms with E-state index in [4.69, 9.17) is 4.89 Å². The van der Waals surface area contributed by atoms with Crippen molar-refractivity contribution >= 4 is 23.0 Å². The third kappa shape index (κ3) is 4.14. The summed E-state index contributed by atoms with van der Waals surface area (Å²) in [5.74, 6) is 0. The lowest BCUT2D eigenvalue weighted by Crippen LogP contribution is -2.29. The number of aryl methyl sites for hydroxylation is 1. The van der Waals surface area contributed by atoms with Crippen LogP contribution in [0.1, 0.15) is 13.3 Å². The average Bonchev–Trinajstić information content (AvgIpc) is 2.17. The van der Waals surface area contributed by atoms with Crippen molar-refractivity contribution < 1.29 is 8.10 Å². The van der Waals surface area contributed by atoms with Crippen LogP contribution in [0.4, 0.5) is 0 Å². The number of aromatic nitrogens is 2. The summed E-state index contributed by atoms with van der Waals surface area (Å²) >= 11 is 1.63. The molecule has 0 aliphatic rings. The van der Waals surface area contributed by atoms with Gasteiger partial charge in [-0.15, -0.1) is 0 Å². The first-order valence-electron chi connectivity index (χ1n) is 4.37. The Morgan fingerprint density at radius 1 is 1.60 bits per heavy atom. The number of hydrogen-bond acceptors (Lipinski definition) is 4. The van der Waals surface area contributed by atoms with Crippen LogP contribution in [-0.4, -0.2) is 15.7 Å². The molecule has 0 bridgehead atoms. The van der Waals surface area contributed by atoms with Crippen molar-refractivity contribution in [2.24, 2.45) is 0 Å². The Balaban J connectivity index is 2.58. The molecule has 0 aliphatic heterocycles. The average molecular weight is 326 g/mol. The van der Waals surface area contributed by atoms with Gasteiger partial charge in [0.2, 0.25) is 0 Å². The van der Waals surface area contributed by atoms with E-state index in [1.165, 1.54) is 16.8 Å². The molecule has 1 atom stereocenters. The molecule has 1 aromatic heterocycles. The minimum absolute atomic E-state index is 0.110. The number of hydrogen-bond donors (Lipinski definition) is 1. The molecule has 0 amide bonds. The maximum Gasteiger partial charge on any atom is 0.328 e. The van der Waals surface area contributed by atoms with Crippen LogP contribution in [0.3, 0.4) is 0 Å². The highest BCUT2D eigenvalue weighted by Gasteiger charge is 2.04. The molecule has 1 unspecified atom stereocenters. The quantitative estimate of drug-likeness (QED) is 0.489. The lowest BCUT2D eigenvalue weighted by Gasteiger charge is -2.09. The molecule has 1 N–H and O–H groups in total. The maximum atomic E-state index is 11.2. The van der Waals surface area contributed by atoms with E-state index in [0.717, 1.165) is 0 Å². The molecule has 1 aromatic rings. The molecule has 84 valence electrons. The van der Waals surface area contributed by atoms with Crippen molar-refractivity contribution in [1.29, 1.82) is 0 Å². The highest BCUT2D eigenvalue weighted by atomic mass is 127. The van der Waals surface area contributed by atoms with Gasteiger partial charge in [0.05, 0.1) is 6.10 Å². The number of rotatable bonds is 5. The van der Waals surface area contributed by atoms with Crippen molar-refractivity contribution in [3.63, 3.8) is 0 Å². The van der Waals surface area contributed by atoms with Crippen LogP contribution in [0.2, 0.25) is 0 Å². The van der Waals surface area contributed by atoms with Gasteiger partial charge in [-0.25, -0.2) is 9.68 Å². The number of aromatic amines is 1. The SMILES string of the molecule is CC(CCn1ccc(=O)[nH]c1=O)OOI. The first-order valence-corrected chi connectivity index (χ1v) is 5.25. The zero-order valence-electron chi connectivity index (χ0n) is 8.10. The van der Waals surface area contributed by atoms with Crippen LogP contribution >= 0.6 is 23.0 Å². The van der Waals surface area contributed by atoms with Crippen molar-refractivity contribution in [3.8, 4) is 0 Å². The molecule has 15 heavy (non-hydrogen) atoms. The Bertz CT molecular complexity index is 414. The van der Waals surface area contributed by atoms with Crippen LogP contribution in [-0.2, 0) is 14.6 Å². The van der Waals surface area contributed by atoms with E-state index in [1.54, 1.807) is 23.0 Å². The van der Waals surface area contributed by atoms with E-state index in [9.17, 15) is 9.59 Å². The first kappa shape index (κ1) is 12.4. The highest BCUT2D eigenvalue weighted by molar-refractivity contribution is 14.1. The summed E-state index contributed by atoms with van der Waals surface area (Å²) in [6, 6.07) is 1.31. The smallest absolute Gasteiger partial charge is 0.300 e. The van der Waals surface area contributed by atoms with Gasteiger partial charge in [0.1, 0.15) is 0 Å². The maximum absolute atomic E-state index is 11.2. The number of nitrogens with zero attached hydrogens (tertiary/aromatic N) is 1. The van der Waals surface area contributed by atoms with Crippen molar-refractivity contribution in [2.45, 2.75) is 26.0 Å². The second-order valence-corrected chi connectivity index (χ2v) is 3.42. The number of halogens is 1. The van der Waals surface area contributed by atoms with Crippen molar-refractivity contribution in [3.05, 3.63) is 33.1 Å². The number of H-pyrrole nitrogens is 1. The third-order valence-corrected chi connectivity index (χ3v) is 2.08. The van der Waals surface area contributed by atoms with Gasteiger partial charge in [-0.05, 0) is 13.3 Å². The fraction of sp³-hybridized carbons (Fsp3) is 0.500. The Hall–Kier alpha value is -0.670. The Labute approximate surface area is 99.8 Å². The van der Waals surface area contributed by atoms with Gasteiger partial charge in [0.15, 0.2) is 23.0 Å². The van der Waals surface area contributed by atoms with E-state index in [0.29, 0.717) is 13.0 Å². The Kier molecular flexibility index (Phi) is 4.99. The molecule has 0 saturated heterocycles. The Morgan fingerprint density at radius 2 is 2.33 bits per heavy atom. The zero-order chi connectivity index (χ0) is 11.3. The van der Waals surface area contributed by atoms with Gasteiger partial charge in [-0.2, -0.15) is 3.22 Å². The summed E-state index contributed by atoms with van der Waals surface area (Å²) in [4.78, 5) is 29.0. The molecule has 1 rings (SSSR count). The fourth-order valence-electron chi connectivity index (χ4n) is 1.05. The molecule has 0 aliphatic carbocycles. The zero-order valence-corrected chi connectivity index (χ0v) is 10.3. The molecular formula is C8H11IN2O4. The fourth-order valence-corrected chi connectivity index (χ4v) is 1.41. The largest absolute Gasteiger partial charge is 0.328 e. The lowest BCUT2D eigenvalue weighted by atomic mass is 10.3. The van der Waals surface area contributed by atoms with Gasteiger partial charge in [0, 0.05) is 18.8 Å². The Morgan fingerprint density at radius 3 is 2.93 bits per heavy atom. The molecule has 0 saturated carbocycles. The monoisotopic (exact) mass is 326 g/mol. The van der Waals surface area contributed by atoms with Gasteiger partial charge in [0.25, 0.3) is 5.56 Å². The second kappa shape index (κ2) is 6.03. The van der Waals surface area contributed by atoms with Crippen molar-refractivity contribution in [2.75, 3.05) is 0 Å². The first-order chi connectivity index (χ1) is 7.13. The molecule has 0 radical (unpaired) electrons.